The second-order valence-electron chi connectivity index (χ2n) is 7.45. The third kappa shape index (κ3) is 3.81. The highest BCUT2D eigenvalue weighted by atomic mass is 32.2. The minimum Gasteiger partial charge on any atom is -0.497 e. The summed E-state index contributed by atoms with van der Waals surface area (Å²) in [5.74, 6) is 1.59. The Balaban J connectivity index is 1.65. The number of benzene rings is 3. The highest BCUT2D eigenvalue weighted by Crippen LogP contribution is 2.35. The van der Waals surface area contributed by atoms with Crippen LogP contribution in [0.1, 0.15) is 0 Å². The van der Waals surface area contributed by atoms with Crippen LogP contribution in [0.5, 0.6) is 5.75 Å². The van der Waals surface area contributed by atoms with Crippen LogP contribution < -0.4 is 4.74 Å². The monoisotopic (exact) mass is 439 g/mol. The number of nitrogens with zero attached hydrogens (tertiary/aromatic N) is 2. The number of hydrogen-bond acceptors (Lipinski definition) is 4. The van der Waals surface area contributed by atoms with E-state index in [2.05, 4.69) is 34.2 Å². The summed E-state index contributed by atoms with van der Waals surface area (Å²) in [6.07, 6.45) is 5.23. The molecular formula is C26H21N3O2S. The van der Waals surface area contributed by atoms with E-state index in [0.29, 0.717) is 0 Å². The maximum atomic E-state index is 11.7. The molecule has 0 aliphatic rings. The van der Waals surface area contributed by atoms with E-state index in [0.717, 1.165) is 55.3 Å². The van der Waals surface area contributed by atoms with Gasteiger partial charge in [0, 0.05) is 51.0 Å². The van der Waals surface area contributed by atoms with E-state index in [9.17, 15) is 4.21 Å². The van der Waals surface area contributed by atoms with Crippen molar-refractivity contribution >= 4 is 21.6 Å². The molecule has 2 aromatic heterocycles. The number of rotatable bonds is 5. The van der Waals surface area contributed by atoms with E-state index >= 15 is 0 Å². The molecule has 5 nitrogen and oxygen atoms in total. The largest absolute Gasteiger partial charge is 0.497 e. The topological polar surface area (TPSA) is 67.9 Å². The van der Waals surface area contributed by atoms with E-state index in [4.69, 9.17) is 9.72 Å². The quantitative estimate of drug-likeness (QED) is 0.381. The van der Waals surface area contributed by atoms with Gasteiger partial charge < -0.3 is 9.72 Å². The van der Waals surface area contributed by atoms with Gasteiger partial charge in [-0.25, -0.2) is 4.98 Å². The second kappa shape index (κ2) is 8.40. The molecule has 5 aromatic rings. The van der Waals surface area contributed by atoms with Gasteiger partial charge in [-0.05, 0) is 53.2 Å². The molecule has 0 saturated carbocycles. The molecule has 158 valence electrons. The summed E-state index contributed by atoms with van der Waals surface area (Å²) in [4.78, 5) is 13.4. The van der Waals surface area contributed by atoms with Crippen LogP contribution in [0.4, 0.5) is 0 Å². The molecule has 0 aliphatic heterocycles. The lowest BCUT2D eigenvalue weighted by atomic mass is 10.0. The number of nitrogens with one attached hydrogen (secondary N) is 1. The summed E-state index contributed by atoms with van der Waals surface area (Å²) in [5, 5.41) is 2.22. The van der Waals surface area contributed by atoms with Crippen molar-refractivity contribution in [2.75, 3.05) is 13.4 Å². The van der Waals surface area contributed by atoms with Crippen LogP contribution in [0.15, 0.2) is 90.1 Å². The first-order chi connectivity index (χ1) is 15.6. The summed E-state index contributed by atoms with van der Waals surface area (Å²) < 4.78 is 17.1. The minimum absolute atomic E-state index is 0.759. The average Bonchev–Trinajstić information content (AvgIpc) is 3.29. The number of aromatic nitrogens is 3. The normalized spacial score (nSPS) is 12.1. The number of hydrogen-bond donors (Lipinski definition) is 1. The fourth-order valence-corrected chi connectivity index (χ4v) is 4.27. The van der Waals surface area contributed by atoms with Gasteiger partial charge in [0.2, 0.25) is 0 Å². The highest BCUT2D eigenvalue weighted by molar-refractivity contribution is 7.84. The number of H-pyrrole nitrogens is 1. The molecule has 6 heteroatoms. The number of methoxy groups -OCH3 is 1. The smallest absolute Gasteiger partial charge is 0.138 e. The predicted molar refractivity (Wildman–Crippen MR) is 129 cm³/mol. The molecule has 0 spiro atoms. The van der Waals surface area contributed by atoms with E-state index in [1.165, 1.54) is 0 Å². The van der Waals surface area contributed by atoms with E-state index in [-0.39, 0.29) is 0 Å². The Kier molecular flexibility index (Phi) is 5.29. The SMILES string of the molecule is COc1ccc2cc(-c3nc(-c4ccc([S@@](C)=O)cc4)[nH]c3-c3ccncc3)ccc2c1. The lowest BCUT2D eigenvalue weighted by Crippen LogP contribution is -1.87. The Morgan fingerprint density at radius 3 is 2.22 bits per heavy atom. The van der Waals surface area contributed by atoms with Crippen molar-refractivity contribution in [3.8, 4) is 39.7 Å². The maximum Gasteiger partial charge on any atom is 0.138 e. The van der Waals surface area contributed by atoms with Crippen LogP contribution in [-0.4, -0.2) is 32.5 Å². The molecule has 2 heterocycles. The number of pyridine rings is 1. The standard InChI is InChI=1S/C26H21N3O2S/c1-31-22-8-5-19-15-21(4-3-20(19)16-22)25-24(17-11-13-27-14-12-17)28-26(29-25)18-6-9-23(10-7-18)32(2)30/h3-16H,1-2H3,(H,28,29)/t32-/m1/s1. The molecule has 0 radical (unpaired) electrons. The summed E-state index contributed by atoms with van der Waals surface area (Å²) in [5.41, 5.74) is 4.76. The molecule has 0 saturated heterocycles. The Hall–Kier alpha value is -3.77. The summed E-state index contributed by atoms with van der Waals surface area (Å²) in [6, 6.07) is 23.9. The number of ether oxygens (including phenoxy) is 1. The Morgan fingerprint density at radius 2 is 1.50 bits per heavy atom. The lowest BCUT2D eigenvalue weighted by molar-refractivity contribution is 0.415. The van der Waals surface area contributed by atoms with Gasteiger partial charge in [0.15, 0.2) is 0 Å². The zero-order valence-electron chi connectivity index (χ0n) is 17.7. The highest BCUT2D eigenvalue weighted by Gasteiger charge is 2.16. The van der Waals surface area contributed by atoms with Gasteiger partial charge >= 0.3 is 0 Å². The molecule has 0 aliphatic carbocycles. The zero-order chi connectivity index (χ0) is 22.1. The molecule has 0 bridgehead atoms. The van der Waals surface area contributed by atoms with Crippen molar-refractivity contribution in [2.24, 2.45) is 0 Å². The van der Waals surface area contributed by atoms with Crippen molar-refractivity contribution in [1.29, 1.82) is 0 Å². The number of imidazole rings is 1. The van der Waals surface area contributed by atoms with Gasteiger partial charge in [-0.2, -0.15) is 0 Å². The third-order valence-electron chi connectivity index (χ3n) is 5.45. The number of fused-ring (bicyclic) bond motifs is 1. The first-order valence-corrected chi connectivity index (χ1v) is 11.7. The molecule has 0 unspecified atom stereocenters. The van der Waals surface area contributed by atoms with Gasteiger partial charge in [0.25, 0.3) is 0 Å². The van der Waals surface area contributed by atoms with Gasteiger partial charge in [-0.15, -0.1) is 0 Å². The van der Waals surface area contributed by atoms with Gasteiger partial charge in [0.1, 0.15) is 11.6 Å². The van der Waals surface area contributed by atoms with Crippen molar-refractivity contribution in [3.63, 3.8) is 0 Å². The van der Waals surface area contributed by atoms with Gasteiger partial charge in [0.05, 0.1) is 18.5 Å². The Bertz CT molecular complexity index is 1430. The number of aromatic amines is 1. The van der Waals surface area contributed by atoms with Crippen LogP contribution in [0, 0.1) is 0 Å². The lowest BCUT2D eigenvalue weighted by Gasteiger charge is -2.06. The fourth-order valence-electron chi connectivity index (χ4n) is 3.75. The fraction of sp³-hybridized carbons (Fsp3) is 0.0769. The first kappa shape index (κ1) is 20.2. The molecule has 0 amide bonds. The van der Waals surface area contributed by atoms with Crippen LogP contribution in [0.2, 0.25) is 0 Å². The summed E-state index contributed by atoms with van der Waals surface area (Å²) >= 11 is 0. The van der Waals surface area contributed by atoms with E-state index in [1.807, 2.05) is 48.5 Å². The molecule has 5 rings (SSSR count). The van der Waals surface area contributed by atoms with E-state index < -0.39 is 10.8 Å². The molecular weight excluding hydrogens is 418 g/mol. The predicted octanol–water partition coefficient (Wildman–Crippen LogP) is 5.70. The first-order valence-electron chi connectivity index (χ1n) is 10.1. The van der Waals surface area contributed by atoms with E-state index in [1.54, 1.807) is 25.8 Å². The van der Waals surface area contributed by atoms with Crippen LogP contribution in [-0.2, 0) is 10.8 Å². The van der Waals surface area contributed by atoms with Gasteiger partial charge in [-0.3, -0.25) is 9.19 Å². The van der Waals surface area contributed by atoms with Crippen molar-refractivity contribution < 1.29 is 8.95 Å². The van der Waals surface area contributed by atoms with Crippen LogP contribution >= 0.6 is 0 Å². The maximum absolute atomic E-state index is 11.7. The summed E-state index contributed by atoms with van der Waals surface area (Å²) in [6.45, 7) is 0. The van der Waals surface area contributed by atoms with Crippen molar-refractivity contribution in [2.45, 2.75) is 4.90 Å². The van der Waals surface area contributed by atoms with Crippen molar-refractivity contribution in [3.05, 3.63) is 85.2 Å². The third-order valence-corrected chi connectivity index (χ3v) is 6.39. The Morgan fingerprint density at radius 1 is 0.812 bits per heavy atom. The minimum atomic E-state index is -1.01. The Labute approximate surface area is 188 Å². The average molecular weight is 440 g/mol. The molecule has 32 heavy (non-hydrogen) atoms. The molecule has 1 atom stereocenters. The van der Waals surface area contributed by atoms with Crippen molar-refractivity contribution in [1.82, 2.24) is 15.0 Å². The zero-order valence-corrected chi connectivity index (χ0v) is 18.5. The van der Waals surface area contributed by atoms with Crippen LogP contribution in [0.25, 0.3) is 44.7 Å². The van der Waals surface area contributed by atoms with Crippen LogP contribution in [0.3, 0.4) is 0 Å². The van der Waals surface area contributed by atoms with Gasteiger partial charge in [-0.1, -0.05) is 30.3 Å². The molecule has 1 N–H and O–H groups in total. The second-order valence-corrected chi connectivity index (χ2v) is 8.83. The summed E-state index contributed by atoms with van der Waals surface area (Å²) in [7, 11) is 0.658. The molecule has 0 fully saturated rings. The molecule has 3 aromatic carbocycles.